The minimum absolute atomic E-state index is 0.124. The lowest BCUT2D eigenvalue weighted by molar-refractivity contribution is 0.0927. The van der Waals surface area contributed by atoms with Gasteiger partial charge in [0.05, 0.1) is 17.5 Å². The predicted molar refractivity (Wildman–Crippen MR) is 88.2 cm³/mol. The summed E-state index contributed by atoms with van der Waals surface area (Å²) in [6, 6.07) is 1.86. The van der Waals surface area contributed by atoms with Crippen molar-refractivity contribution in [1.29, 1.82) is 0 Å². The molecule has 128 valence electrons. The first-order valence-electron chi connectivity index (χ1n) is 8.52. The monoisotopic (exact) mass is 339 g/mol. The van der Waals surface area contributed by atoms with Crippen LogP contribution in [0.4, 0.5) is 0 Å². The fraction of sp³-hybridized carbons (Fsp3) is 0.750. The van der Waals surface area contributed by atoms with Gasteiger partial charge in [-0.1, -0.05) is 25.7 Å². The Morgan fingerprint density at radius 2 is 1.91 bits per heavy atom. The molecule has 2 aliphatic rings. The zero-order valence-electron chi connectivity index (χ0n) is 13.6. The van der Waals surface area contributed by atoms with E-state index < -0.39 is 9.84 Å². The van der Waals surface area contributed by atoms with Gasteiger partial charge in [0.15, 0.2) is 9.84 Å². The van der Waals surface area contributed by atoms with Crippen LogP contribution in [0.15, 0.2) is 6.07 Å². The van der Waals surface area contributed by atoms with E-state index in [2.05, 4.69) is 10.4 Å². The third-order valence-electron chi connectivity index (χ3n) is 4.90. The molecule has 1 unspecified atom stereocenters. The average molecular weight is 339 g/mol. The highest BCUT2D eigenvalue weighted by molar-refractivity contribution is 7.91. The second-order valence-electron chi connectivity index (χ2n) is 6.83. The van der Waals surface area contributed by atoms with Crippen molar-refractivity contribution in [2.75, 3.05) is 11.5 Å². The molecule has 0 aromatic carbocycles. The lowest BCUT2D eigenvalue weighted by atomic mass is 10.1. The topological polar surface area (TPSA) is 81.1 Å². The van der Waals surface area contributed by atoms with E-state index in [1.807, 2.05) is 6.92 Å². The summed E-state index contributed by atoms with van der Waals surface area (Å²) >= 11 is 0. The molecule has 1 atom stereocenters. The van der Waals surface area contributed by atoms with Crippen LogP contribution in [0.5, 0.6) is 0 Å². The molecular formula is C16H25N3O3S. The Labute approximate surface area is 137 Å². The van der Waals surface area contributed by atoms with Crippen LogP contribution in [-0.4, -0.2) is 41.7 Å². The molecule has 7 heteroatoms. The maximum atomic E-state index is 12.4. The number of hydrogen-bond acceptors (Lipinski definition) is 4. The predicted octanol–water partition coefficient (Wildman–Crippen LogP) is 2.00. The van der Waals surface area contributed by atoms with Crippen molar-refractivity contribution in [2.45, 2.75) is 64.0 Å². The van der Waals surface area contributed by atoms with E-state index in [0.29, 0.717) is 12.1 Å². The van der Waals surface area contributed by atoms with E-state index in [1.165, 1.54) is 25.7 Å². The Morgan fingerprint density at radius 3 is 2.52 bits per heavy atom. The van der Waals surface area contributed by atoms with Crippen LogP contribution in [0.2, 0.25) is 0 Å². The molecule has 0 bridgehead atoms. The third-order valence-corrected chi connectivity index (χ3v) is 6.65. The third kappa shape index (κ3) is 3.94. The zero-order valence-corrected chi connectivity index (χ0v) is 14.4. The minimum atomic E-state index is -2.96. The van der Waals surface area contributed by atoms with E-state index in [1.54, 1.807) is 10.7 Å². The van der Waals surface area contributed by atoms with E-state index in [4.69, 9.17) is 0 Å². The number of carbonyl (C=O) groups is 1. The molecule has 1 saturated carbocycles. The molecular weight excluding hydrogens is 314 g/mol. The summed E-state index contributed by atoms with van der Waals surface area (Å²) in [6.45, 7) is 1.88. The van der Waals surface area contributed by atoms with E-state index >= 15 is 0 Å². The quantitative estimate of drug-likeness (QED) is 0.854. The summed E-state index contributed by atoms with van der Waals surface area (Å²) in [5.74, 6) is 0.194. The normalized spacial score (nSPS) is 25.2. The highest BCUT2D eigenvalue weighted by Gasteiger charge is 2.31. The van der Waals surface area contributed by atoms with Crippen molar-refractivity contribution in [2.24, 2.45) is 0 Å². The molecule has 1 aliphatic heterocycles. The van der Waals surface area contributed by atoms with Gasteiger partial charge in [0, 0.05) is 11.7 Å². The second-order valence-corrected chi connectivity index (χ2v) is 9.06. The summed E-state index contributed by atoms with van der Waals surface area (Å²) in [5.41, 5.74) is 1.24. The van der Waals surface area contributed by atoms with Gasteiger partial charge in [0.2, 0.25) is 0 Å². The Morgan fingerprint density at radius 1 is 1.22 bits per heavy atom. The smallest absolute Gasteiger partial charge is 0.272 e. The van der Waals surface area contributed by atoms with Crippen LogP contribution in [0.3, 0.4) is 0 Å². The summed E-state index contributed by atoms with van der Waals surface area (Å²) in [5, 5.41) is 7.48. The van der Waals surface area contributed by atoms with Crippen LogP contribution in [0.25, 0.3) is 0 Å². The molecule has 1 amide bonds. The van der Waals surface area contributed by atoms with Crippen molar-refractivity contribution >= 4 is 15.7 Å². The van der Waals surface area contributed by atoms with Crippen LogP contribution >= 0.6 is 0 Å². The summed E-state index contributed by atoms with van der Waals surface area (Å²) in [6.07, 6.45) is 7.47. The number of hydrogen-bond donors (Lipinski definition) is 1. The zero-order chi connectivity index (χ0) is 16.4. The Hall–Kier alpha value is -1.37. The van der Waals surface area contributed by atoms with Crippen LogP contribution in [0, 0.1) is 6.92 Å². The van der Waals surface area contributed by atoms with Gasteiger partial charge in [0.1, 0.15) is 5.69 Å². The van der Waals surface area contributed by atoms with Crippen LogP contribution < -0.4 is 5.32 Å². The largest absolute Gasteiger partial charge is 0.348 e. The first-order chi connectivity index (χ1) is 10.9. The number of rotatable bonds is 3. The molecule has 1 N–H and O–H groups in total. The highest BCUT2D eigenvalue weighted by atomic mass is 32.2. The SMILES string of the molecule is Cc1cc(C(=O)NC2CCCCCC2)nn1C1CCS(=O)(=O)C1. The molecule has 6 nitrogen and oxygen atoms in total. The van der Waals surface area contributed by atoms with Crippen molar-refractivity contribution in [3.8, 4) is 0 Å². The maximum Gasteiger partial charge on any atom is 0.272 e. The van der Waals surface area contributed by atoms with Gasteiger partial charge < -0.3 is 5.32 Å². The molecule has 2 heterocycles. The molecule has 1 saturated heterocycles. The fourth-order valence-corrected chi connectivity index (χ4v) is 5.31. The number of nitrogens with one attached hydrogen (secondary N) is 1. The van der Waals surface area contributed by atoms with Gasteiger partial charge in [-0.05, 0) is 32.3 Å². The van der Waals surface area contributed by atoms with Crippen molar-refractivity contribution in [1.82, 2.24) is 15.1 Å². The summed E-state index contributed by atoms with van der Waals surface area (Å²) < 4.78 is 25.0. The number of carbonyl (C=O) groups excluding carboxylic acids is 1. The number of sulfone groups is 1. The van der Waals surface area contributed by atoms with E-state index in [0.717, 1.165) is 18.5 Å². The van der Waals surface area contributed by atoms with Crippen LogP contribution in [-0.2, 0) is 9.84 Å². The standard InChI is InChI=1S/C16H25N3O3S/c1-12-10-15(16(20)17-13-6-4-2-3-5-7-13)18-19(12)14-8-9-23(21,22)11-14/h10,13-14H,2-9,11H2,1H3,(H,17,20). The van der Waals surface area contributed by atoms with Crippen molar-refractivity contribution in [3.05, 3.63) is 17.5 Å². The summed E-state index contributed by atoms with van der Waals surface area (Å²) in [7, 11) is -2.96. The molecule has 23 heavy (non-hydrogen) atoms. The first kappa shape index (κ1) is 16.5. The van der Waals surface area contributed by atoms with Crippen molar-refractivity contribution in [3.63, 3.8) is 0 Å². The van der Waals surface area contributed by atoms with E-state index in [-0.39, 0.29) is 29.5 Å². The van der Waals surface area contributed by atoms with Gasteiger partial charge >= 0.3 is 0 Å². The molecule has 0 radical (unpaired) electrons. The van der Waals surface area contributed by atoms with Crippen molar-refractivity contribution < 1.29 is 13.2 Å². The Bertz CT molecular complexity index is 673. The lowest BCUT2D eigenvalue weighted by Crippen LogP contribution is -2.34. The molecule has 1 aliphatic carbocycles. The fourth-order valence-electron chi connectivity index (χ4n) is 3.62. The average Bonchev–Trinajstić information content (AvgIpc) is 2.93. The lowest BCUT2D eigenvalue weighted by Gasteiger charge is -2.15. The number of aryl methyl sites for hydroxylation is 1. The first-order valence-corrected chi connectivity index (χ1v) is 10.3. The Balaban J connectivity index is 1.68. The summed E-state index contributed by atoms with van der Waals surface area (Å²) in [4.78, 5) is 12.4. The molecule has 1 aromatic rings. The molecule has 3 rings (SSSR count). The molecule has 0 spiro atoms. The number of nitrogens with zero attached hydrogens (tertiary/aromatic N) is 2. The van der Waals surface area contributed by atoms with Gasteiger partial charge in [-0.3, -0.25) is 9.48 Å². The number of aromatic nitrogens is 2. The Kier molecular flexibility index (Phi) is 4.75. The van der Waals surface area contributed by atoms with Crippen LogP contribution in [0.1, 0.15) is 67.2 Å². The van der Waals surface area contributed by atoms with Gasteiger partial charge in [-0.25, -0.2) is 8.42 Å². The van der Waals surface area contributed by atoms with E-state index in [9.17, 15) is 13.2 Å². The second kappa shape index (κ2) is 6.63. The highest BCUT2D eigenvalue weighted by Crippen LogP contribution is 2.25. The van der Waals surface area contributed by atoms with Gasteiger partial charge in [-0.2, -0.15) is 5.10 Å². The maximum absolute atomic E-state index is 12.4. The van der Waals surface area contributed by atoms with Gasteiger partial charge in [0.25, 0.3) is 5.91 Å². The minimum Gasteiger partial charge on any atom is -0.348 e. The molecule has 1 aromatic heterocycles. The molecule has 2 fully saturated rings. The number of amides is 1. The van der Waals surface area contributed by atoms with Gasteiger partial charge in [-0.15, -0.1) is 0 Å².